The molecular formula is C19H19ClFN3O. The van der Waals surface area contributed by atoms with Gasteiger partial charge in [-0.1, -0.05) is 29.8 Å². The molecule has 0 radical (unpaired) electrons. The van der Waals surface area contributed by atoms with Gasteiger partial charge < -0.3 is 0 Å². The number of carbonyl (C=O) groups excluding carboxylic acids is 1. The molecule has 1 fully saturated rings. The second-order valence-electron chi connectivity index (χ2n) is 6.64. The smallest absolute Gasteiger partial charge is 0.299 e. The molecule has 2 amide bonds. The number of hydrogen-bond donors (Lipinski definition) is 0. The van der Waals surface area contributed by atoms with Gasteiger partial charge >= 0.3 is 6.03 Å². The van der Waals surface area contributed by atoms with Crippen LogP contribution in [-0.2, 0) is 6.54 Å². The maximum atomic E-state index is 13.2. The number of piperidine rings is 1. The van der Waals surface area contributed by atoms with Crippen LogP contribution in [0.5, 0.6) is 0 Å². The Morgan fingerprint density at radius 2 is 2.08 bits per heavy atom. The van der Waals surface area contributed by atoms with Crippen LogP contribution in [0.15, 0.2) is 47.1 Å². The molecule has 0 saturated carbocycles. The number of benzene rings is 1. The summed E-state index contributed by atoms with van der Waals surface area (Å²) in [5, 5.41) is 0.467. The lowest BCUT2D eigenvalue weighted by Crippen LogP contribution is -2.45. The lowest BCUT2D eigenvalue weighted by Gasteiger charge is -2.37. The normalized spacial score (nSPS) is 21.4. The van der Waals surface area contributed by atoms with Crippen LogP contribution in [0.2, 0.25) is 5.02 Å². The number of carbonyl (C=O) groups is 1. The highest BCUT2D eigenvalue weighted by Crippen LogP contribution is 2.30. The summed E-state index contributed by atoms with van der Waals surface area (Å²) in [6.07, 6.45) is 8.52. The number of aliphatic imine (C=N–C) groups is 1. The first-order valence-electron chi connectivity index (χ1n) is 8.56. The Balaban J connectivity index is 1.39. The van der Waals surface area contributed by atoms with Crippen molar-refractivity contribution < 1.29 is 9.18 Å². The molecule has 2 heterocycles. The Bertz CT molecular complexity index is 794. The van der Waals surface area contributed by atoms with E-state index in [0.717, 1.165) is 49.3 Å². The molecule has 1 saturated heterocycles. The highest BCUT2D eigenvalue weighted by atomic mass is 35.5. The lowest BCUT2D eigenvalue weighted by molar-refractivity contribution is 0.144. The average molecular weight is 360 g/mol. The minimum Gasteiger partial charge on any atom is -0.299 e. The fourth-order valence-electron chi connectivity index (χ4n) is 3.71. The number of nitrogens with zero attached hydrogens (tertiary/aromatic N) is 3. The molecular weight excluding hydrogens is 341 g/mol. The maximum Gasteiger partial charge on any atom is 0.348 e. The molecule has 4 nitrogen and oxygen atoms in total. The van der Waals surface area contributed by atoms with Crippen molar-refractivity contribution in [3.8, 4) is 0 Å². The molecule has 0 spiro atoms. The van der Waals surface area contributed by atoms with Crippen LogP contribution >= 0.6 is 11.6 Å². The van der Waals surface area contributed by atoms with Gasteiger partial charge in [-0.25, -0.2) is 9.18 Å². The molecule has 6 heteroatoms. The Morgan fingerprint density at radius 3 is 2.84 bits per heavy atom. The Labute approximate surface area is 151 Å². The summed E-state index contributed by atoms with van der Waals surface area (Å²) < 4.78 is 13.2. The number of urea groups is 1. The van der Waals surface area contributed by atoms with Gasteiger partial charge in [-0.2, -0.15) is 4.99 Å². The van der Waals surface area contributed by atoms with Crippen LogP contribution in [0.3, 0.4) is 0 Å². The van der Waals surface area contributed by atoms with Crippen LogP contribution in [0.4, 0.5) is 9.18 Å². The van der Waals surface area contributed by atoms with Gasteiger partial charge in [0.05, 0.1) is 11.4 Å². The quantitative estimate of drug-likeness (QED) is 0.812. The van der Waals surface area contributed by atoms with E-state index in [1.54, 1.807) is 6.07 Å². The molecule has 1 aromatic rings. The van der Waals surface area contributed by atoms with Gasteiger partial charge in [0, 0.05) is 37.1 Å². The van der Waals surface area contributed by atoms with Gasteiger partial charge in [-0.05, 0) is 36.6 Å². The number of fused-ring (bicyclic) bond motifs is 1. The molecule has 1 aromatic carbocycles. The molecule has 0 N–H and O–H groups in total. The number of likely N-dealkylation sites (tertiary alicyclic amines) is 1. The van der Waals surface area contributed by atoms with Gasteiger partial charge in [-0.3, -0.25) is 9.80 Å². The molecule has 0 unspecified atom stereocenters. The van der Waals surface area contributed by atoms with Crippen molar-refractivity contribution in [2.75, 3.05) is 13.1 Å². The van der Waals surface area contributed by atoms with E-state index in [2.05, 4.69) is 9.89 Å². The third kappa shape index (κ3) is 3.26. The van der Waals surface area contributed by atoms with E-state index < -0.39 is 0 Å². The van der Waals surface area contributed by atoms with Crippen molar-refractivity contribution in [2.24, 2.45) is 4.99 Å². The van der Waals surface area contributed by atoms with E-state index in [1.165, 1.54) is 12.1 Å². The van der Waals surface area contributed by atoms with E-state index in [9.17, 15) is 9.18 Å². The van der Waals surface area contributed by atoms with Crippen LogP contribution in [0.1, 0.15) is 24.8 Å². The SMILES string of the molecule is O=C1N=C2CC=CC=C2N1C1CCN(Cc2ccc(F)cc2Cl)CC1. The van der Waals surface area contributed by atoms with Crippen molar-refractivity contribution in [1.29, 1.82) is 0 Å². The van der Waals surface area contributed by atoms with Crippen molar-refractivity contribution in [3.05, 3.63) is 58.5 Å². The minimum atomic E-state index is -0.314. The summed E-state index contributed by atoms with van der Waals surface area (Å²) in [5.41, 5.74) is 2.78. The number of rotatable bonds is 3. The number of allylic oxidation sites excluding steroid dienone is 4. The molecule has 0 aromatic heterocycles. The van der Waals surface area contributed by atoms with Gasteiger partial charge in [0.25, 0.3) is 0 Å². The standard InChI is InChI=1S/C19H19ClFN3O/c20-16-11-14(21)6-5-13(16)12-23-9-7-15(8-10-23)24-18-4-2-1-3-17(18)22-19(24)25/h1-2,4-6,11,15H,3,7-10,12H2. The second-order valence-corrected chi connectivity index (χ2v) is 7.05. The molecule has 3 aliphatic rings. The Morgan fingerprint density at radius 1 is 1.28 bits per heavy atom. The molecule has 0 bridgehead atoms. The van der Waals surface area contributed by atoms with E-state index in [1.807, 2.05) is 23.1 Å². The molecule has 1 aliphatic carbocycles. The van der Waals surface area contributed by atoms with Crippen molar-refractivity contribution in [3.63, 3.8) is 0 Å². The van der Waals surface area contributed by atoms with Gasteiger partial charge in [0.1, 0.15) is 5.82 Å². The third-order valence-corrected chi connectivity index (χ3v) is 5.38. The predicted octanol–water partition coefficient (Wildman–Crippen LogP) is 4.16. The number of amides is 2. The van der Waals surface area contributed by atoms with Crippen LogP contribution < -0.4 is 0 Å². The van der Waals surface area contributed by atoms with Gasteiger partial charge in [0.2, 0.25) is 0 Å². The summed E-state index contributed by atoms with van der Waals surface area (Å²) in [6.45, 7) is 2.45. The molecule has 4 rings (SSSR count). The maximum absolute atomic E-state index is 13.2. The van der Waals surface area contributed by atoms with E-state index in [4.69, 9.17) is 11.6 Å². The molecule has 130 valence electrons. The molecule has 0 atom stereocenters. The topological polar surface area (TPSA) is 35.9 Å². The van der Waals surface area contributed by atoms with Crippen LogP contribution in [0.25, 0.3) is 0 Å². The lowest BCUT2D eigenvalue weighted by atomic mass is 10.00. The zero-order valence-corrected chi connectivity index (χ0v) is 14.5. The largest absolute Gasteiger partial charge is 0.348 e. The Hall–Kier alpha value is -1.98. The second kappa shape index (κ2) is 6.73. The summed E-state index contributed by atoms with van der Waals surface area (Å²) >= 11 is 6.13. The minimum absolute atomic E-state index is 0.134. The first kappa shape index (κ1) is 16.5. The Kier molecular flexibility index (Phi) is 4.44. The van der Waals surface area contributed by atoms with E-state index in [-0.39, 0.29) is 17.9 Å². The average Bonchev–Trinajstić information content (AvgIpc) is 2.94. The van der Waals surface area contributed by atoms with Crippen molar-refractivity contribution in [2.45, 2.75) is 31.8 Å². The van der Waals surface area contributed by atoms with Crippen molar-refractivity contribution in [1.82, 2.24) is 9.80 Å². The summed E-state index contributed by atoms with van der Waals surface area (Å²) in [7, 11) is 0. The van der Waals surface area contributed by atoms with Crippen LogP contribution in [0, 0.1) is 5.82 Å². The monoisotopic (exact) mass is 359 g/mol. The summed E-state index contributed by atoms with van der Waals surface area (Å²) in [4.78, 5) is 20.6. The highest BCUT2D eigenvalue weighted by molar-refractivity contribution is 6.31. The van der Waals surface area contributed by atoms with Gasteiger partial charge in [0.15, 0.2) is 0 Å². The first-order chi connectivity index (χ1) is 12.1. The summed E-state index contributed by atoms with van der Waals surface area (Å²) in [5.74, 6) is -0.314. The van der Waals surface area contributed by atoms with Crippen molar-refractivity contribution >= 4 is 23.3 Å². The van der Waals surface area contributed by atoms with E-state index >= 15 is 0 Å². The zero-order valence-electron chi connectivity index (χ0n) is 13.8. The third-order valence-electron chi connectivity index (χ3n) is 5.02. The highest BCUT2D eigenvalue weighted by Gasteiger charge is 2.36. The fraction of sp³-hybridized carbons (Fsp3) is 0.368. The molecule has 25 heavy (non-hydrogen) atoms. The predicted molar refractivity (Wildman–Crippen MR) is 96.2 cm³/mol. The van der Waals surface area contributed by atoms with Crippen LogP contribution in [-0.4, -0.2) is 40.7 Å². The van der Waals surface area contributed by atoms with Gasteiger partial charge in [-0.15, -0.1) is 0 Å². The van der Waals surface area contributed by atoms with E-state index in [0.29, 0.717) is 11.6 Å². The zero-order chi connectivity index (χ0) is 17.4. The fourth-order valence-corrected chi connectivity index (χ4v) is 3.94. The number of hydrogen-bond acceptors (Lipinski definition) is 2. The number of halogens is 2. The summed E-state index contributed by atoms with van der Waals surface area (Å²) in [6, 6.07) is 4.59. The molecule has 2 aliphatic heterocycles. The first-order valence-corrected chi connectivity index (χ1v) is 8.94.